The van der Waals surface area contributed by atoms with Gasteiger partial charge in [0.2, 0.25) is 0 Å². The topological polar surface area (TPSA) is 86.6 Å². The lowest BCUT2D eigenvalue weighted by molar-refractivity contribution is -0.139. The Morgan fingerprint density at radius 1 is 1.37 bits per heavy atom. The Hall–Kier alpha value is -2.23. The van der Waals surface area contributed by atoms with Gasteiger partial charge in [-0.25, -0.2) is 4.39 Å². The molecular weight excluding hydrogens is 253 g/mol. The van der Waals surface area contributed by atoms with Crippen LogP contribution in [-0.4, -0.2) is 41.2 Å². The number of carbonyl (C=O) groups is 2. The monoisotopic (exact) mass is 265 g/mol. The summed E-state index contributed by atoms with van der Waals surface area (Å²) in [5.74, 6) is 3.98. The van der Waals surface area contributed by atoms with E-state index in [2.05, 4.69) is 17.2 Å². The van der Waals surface area contributed by atoms with Crippen LogP contribution in [0.5, 0.6) is 0 Å². The minimum Gasteiger partial charge on any atom is -0.382 e. The van der Waals surface area contributed by atoms with Crippen molar-refractivity contribution in [3.63, 3.8) is 0 Å². The number of benzene rings is 1. The highest BCUT2D eigenvalue weighted by Crippen LogP contribution is 2.00. The Balaban J connectivity index is 2.44. The fourth-order valence-electron chi connectivity index (χ4n) is 1.14. The quantitative estimate of drug-likeness (QED) is 0.492. The maximum absolute atomic E-state index is 12.6. The van der Waals surface area contributed by atoms with E-state index in [0.717, 1.165) is 0 Å². The molecule has 3 N–H and O–H groups in total. The second-order valence-electron chi connectivity index (χ2n) is 3.60. The molecule has 0 bridgehead atoms. The van der Waals surface area contributed by atoms with E-state index in [1.807, 2.05) is 0 Å². The van der Waals surface area contributed by atoms with E-state index in [1.165, 1.54) is 24.3 Å². The molecule has 0 unspecified atom stereocenters. The van der Waals surface area contributed by atoms with Crippen molar-refractivity contribution in [2.24, 2.45) is 0 Å². The van der Waals surface area contributed by atoms with Gasteiger partial charge in [0.1, 0.15) is 11.9 Å². The van der Waals surface area contributed by atoms with Crippen LogP contribution in [0.25, 0.3) is 0 Å². The molecule has 0 saturated carbocycles. The third kappa shape index (κ3) is 4.87. The zero-order chi connectivity index (χ0) is 14.3. The first-order valence-corrected chi connectivity index (χ1v) is 5.38. The lowest BCUT2D eigenvalue weighted by atomic mass is 10.2. The predicted molar refractivity (Wildman–Crippen MR) is 64.4 cm³/mol. The van der Waals surface area contributed by atoms with Crippen molar-refractivity contribution in [1.29, 1.82) is 0 Å². The maximum Gasteiger partial charge on any atom is 0.252 e. The van der Waals surface area contributed by atoms with Gasteiger partial charge in [0, 0.05) is 5.56 Å². The van der Waals surface area contributed by atoms with Crippen LogP contribution in [-0.2, 0) is 9.59 Å². The average molecular weight is 265 g/mol. The fourth-order valence-corrected chi connectivity index (χ4v) is 1.14. The SMILES string of the molecule is O=C[C@H](O)[C@@H](O)C(=O)NCC#Cc1ccc(F)cc1. The molecule has 19 heavy (non-hydrogen) atoms. The molecule has 0 radical (unpaired) electrons. The number of halogens is 1. The van der Waals surface area contributed by atoms with Crippen molar-refractivity contribution in [2.75, 3.05) is 6.54 Å². The predicted octanol–water partition coefficient (Wildman–Crippen LogP) is -0.786. The molecule has 0 spiro atoms. The molecule has 100 valence electrons. The summed E-state index contributed by atoms with van der Waals surface area (Å²) in [4.78, 5) is 21.3. The number of aliphatic hydroxyl groups excluding tert-OH is 2. The summed E-state index contributed by atoms with van der Waals surface area (Å²) in [6.45, 7) is -0.0706. The summed E-state index contributed by atoms with van der Waals surface area (Å²) in [6.07, 6.45) is -3.51. The van der Waals surface area contributed by atoms with Gasteiger partial charge in [-0.2, -0.15) is 0 Å². The van der Waals surface area contributed by atoms with Crippen LogP contribution in [0, 0.1) is 17.7 Å². The van der Waals surface area contributed by atoms with Crippen LogP contribution < -0.4 is 5.32 Å². The zero-order valence-electron chi connectivity index (χ0n) is 9.84. The van der Waals surface area contributed by atoms with Gasteiger partial charge < -0.3 is 20.3 Å². The summed E-state index contributed by atoms with van der Waals surface area (Å²) in [6, 6.07) is 5.48. The van der Waals surface area contributed by atoms with Crippen LogP contribution in [0.1, 0.15) is 5.56 Å². The van der Waals surface area contributed by atoms with E-state index < -0.39 is 18.1 Å². The molecule has 0 aliphatic heterocycles. The smallest absolute Gasteiger partial charge is 0.252 e. The Morgan fingerprint density at radius 2 is 2.00 bits per heavy atom. The number of aliphatic hydroxyl groups is 2. The van der Waals surface area contributed by atoms with Crippen molar-refractivity contribution < 1.29 is 24.2 Å². The van der Waals surface area contributed by atoms with Gasteiger partial charge in [-0.15, -0.1) is 0 Å². The van der Waals surface area contributed by atoms with E-state index >= 15 is 0 Å². The Kier molecular flexibility index (Phi) is 5.67. The Labute approximate surface area is 109 Å². The van der Waals surface area contributed by atoms with Gasteiger partial charge in [0.15, 0.2) is 12.4 Å². The lowest BCUT2D eigenvalue weighted by Gasteiger charge is -2.10. The highest BCUT2D eigenvalue weighted by molar-refractivity contribution is 5.84. The van der Waals surface area contributed by atoms with E-state index in [1.54, 1.807) is 0 Å². The van der Waals surface area contributed by atoms with Crippen molar-refractivity contribution in [1.82, 2.24) is 5.32 Å². The number of rotatable bonds is 4. The molecule has 6 heteroatoms. The molecule has 5 nitrogen and oxygen atoms in total. The van der Waals surface area contributed by atoms with Crippen molar-refractivity contribution >= 4 is 12.2 Å². The first kappa shape index (κ1) is 14.8. The van der Waals surface area contributed by atoms with Gasteiger partial charge in [-0.3, -0.25) is 4.79 Å². The minimum atomic E-state index is -1.81. The first-order valence-electron chi connectivity index (χ1n) is 5.38. The van der Waals surface area contributed by atoms with Crippen LogP contribution in [0.15, 0.2) is 24.3 Å². The van der Waals surface area contributed by atoms with Crippen LogP contribution in [0.3, 0.4) is 0 Å². The summed E-state index contributed by atoms with van der Waals surface area (Å²) in [7, 11) is 0. The second kappa shape index (κ2) is 7.26. The molecule has 0 saturated heterocycles. The molecule has 0 fully saturated rings. The third-order valence-electron chi connectivity index (χ3n) is 2.16. The fraction of sp³-hybridized carbons (Fsp3) is 0.231. The molecule has 0 heterocycles. The molecule has 1 amide bonds. The Bertz CT molecular complexity index is 504. The van der Waals surface area contributed by atoms with Crippen LogP contribution >= 0.6 is 0 Å². The van der Waals surface area contributed by atoms with Crippen molar-refractivity contribution in [3.05, 3.63) is 35.6 Å². The van der Waals surface area contributed by atoms with Gasteiger partial charge in [0.25, 0.3) is 5.91 Å². The number of nitrogens with one attached hydrogen (secondary N) is 1. The zero-order valence-corrected chi connectivity index (χ0v) is 9.84. The molecule has 1 rings (SSSR count). The van der Waals surface area contributed by atoms with Crippen LogP contribution in [0.2, 0.25) is 0 Å². The van der Waals surface area contributed by atoms with Crippen LogP contribution in [0.4, 0.5) is 4.39 Å². The molecule has 1 aromatic rings. The number of hydrogen-bond acceptors (Lipinski definition) is 4. The number of aldehydes is 1. The van der Waals surface area contributed by atoms with Gasteiger partial charge in [-0.1, -0.05) is 11.8 Å². The van der Waals surface area contributed by atoms with E-state index in [9.17, 15) is 14.0 Å². The second-order valence-corrected chi connectivity index (χ2v) is 3.60. The van der Waals surface area contributed by atoms with Crippen molar-refractivity contribution in [3.8, 4) is 11.8 Å². The van der Waals surface area contributed by atoms with Crippen molar-refractivity contribution in [2.45, 2.75) is 12.2 Å². The largest absolute Gasteiger partial charge is 0.382 e. The molecule has 0 aliphatic rings. The van der Waals surface area contributed by atoms with Gasteiger partial charge >= 0.3 is 0 Å². The third-order valence-corrected chi connectivity index (χ3v) is 2.16. The first-order chi connectivity index (χ1) is 9.04. The highest BCUT2D eigenvalue weighted by Gasteiger charge is 2.22. The minimum absolute atomic E-state index is 0.0639. The number of carbonyl (C=O) groups excluding carboxylic acids is 2. The van der Waals surface area contributed by atoms with E-state index in [-0.39, 0.29) is 18.6 Å². The molecular formula is C13H12FNO4. The summed E-state index contributed by atoms with van der Waals surface area (Å²) in [5.41, 5.74) is 0.573. The molecule has 0 aliphatic carbocycles. The lowest BCUT2D eigenvalue weighted by Crippen LogP contribution is -2.42. The average Bonchev–Trinajstić information content (AvgIpc) is 2.43. The summed E-state index contributed by atoms with van der Waals surface area (Å²) in [5, 5.41) is 20.3. The van der Waals surface area contributed by atoms with E-state index in [0.29, 0.717) is 5.56 Å². The standard InChI is InChI=1S/C13H12FNO4/c14-10-5-3-9(4-6-10)2-1-7-15-13(19)12(18)11(17)8-16/h3-6,8,11-12,17-18H,7H2,(H,15,19)/t11-,12+/m0/s1. The van der Waals surface area contributed by atoms with E-state index in [4.69, 9.17) is 10.2 Å². The number of amides is 1. The normalized spacial score (nSPS) is 12.8. The number of hydrogen-bond donors (Lipinski definition) is 3. The molecule has 2 atom stereocenters. The highest BCUT2D eigenvalue weighted by atomic mass is 19.1. The molecule has 0 aromatic heterocycles. The maximum atomic E-state index is 12.6. The Morgan fingerprint density at radius 3 is 2.58 bits per heavy atom. The summed E-state index contributed by atoms with van der Waals surface area (Å²) >= 11 is 0. The summed E-state index contributed by atoms with van der Waals surface area (Å²) < 4.78 is 12.6. The van der Waals surface area contributed by atoms with Gasteiger partial charge in [-0.05, 0) is 24.3 Å². The molecule has 1 aromatic carbocycles. The van der Waals surface area contributed by atoms with Gasteiger partial charge in [0.05, 0.1) is 6.54 Å².